The zero-order valence-corrected chi connectivity index (χ0v) is 11.0. The molecule has 5 heteroatoms. The van der Waals surface area contributed by atoms with Crippen molar-refractivity contribution >= 4 is 0 Å². The van der Waals surface area contributed by atoms with E-state index in [1.807, 2.05) is 20.8 Å². The van der Waals surface area contributed by atoms with Gasteiger partial charge >= 0.3 is 6.18 Å². The summed E-state index contributed by atoms with van der Waals surface area (Å²) in [6.45, 7) is 6.94. The molecular weight excluding hydrogens is 245 g/mol. The molecule has 2 nitrogen and oxygen atoms in total. The SMILES string of the molecule is CC1(O)/C(=C(\O)C(F)(F)F)C2CCC1(C)C2(C)C. The van der Waals surface area contributed by atoms with Gasteiger partial charge in [-0.3, -0.25) is 0 Å². The molecule has 2 fully saturated rings. The van der Waals surface area contributed by atoms with Crippen molar-refractivity contribution in [3.8, 4) is 0 Å². The second-order valence-corrected chi connectivity index (χ2v) is 6.48. The van der Waals surface area contributed by atoms with E-state index in [0.29, 0.717) is 12.8 Å². The first-order valence-electron chi connectivity index (χ1n) is 6.10. The van der Waals surface area contributed by atoms with E-state index < -0.39 is 34.3 Å². The number of hydrogen-bond donors (Lipinski definition) is 2. The minimum absolute atomic E-state index is 0.228. The first kappa shape index (κ1) is 13.7. The maximum atomic E-state index is 12.7. The molecule has 3 unspecified atom stereocenters. The summed E-state index contributed by atoms with van der Waals surface area (Å²) in [5, 5.41) is 20.0. The molecule has 3 atom stereocenters. The molecule has 0 spiro atoms. The average molecular weight is 264 g/mol. The lowest BCUT2D eigenvalue weighted by atomic mass is 9.64. The number of fused-ring (bicyclic) bond motifs is 2. The molecule has 2 aliphatic carbocycles. The Morgan fingerprint density at radius 3 is 2.06 bits per heavy atom. The topological polar surface area (TPSA) is 40.5 Å². The second kappa shape index (κ2) is 3.24. The van der Waals surface area contributed by atoms with Gasteiger partial charge in [-0.25, -0.2) is 0 Å². The third kappa shape index (κ3) is 1.29. The fourth-order valence-electron chi connectivity index (χ4n) is 4.06. The van der Waals surface area contributed by atoms with Crippen molar-refractivity contribution in [1.29, 1.82) is 0 Å². The molecule has 0 aromatic rings. The van der Waals surface area contributed by atoms with E-state index in [2.05, 4.69) is 0 Å². The van der Waals surface area contributed by atoms with E-state index in [1.165, 1.54) is 6.92 Å². The maximum Gasteiger partial charge on any atom is 0.448 e. The van der Waals surface area contributed by atoms with Crippen LogP contribution in [0.25, 0.3) is 0 Å². The van der Waals surface area contributed by atoms with Gasteiger partial charge in [0, 0.05) is 11.0 Å². The molecule has 0 saturated heterocycles. The Bertz CT molecular complexity index is 420. The van der Waals surface area contributed by atoms with Gasteiger partial charge in [0.05, 0.1) is 5.60 Å². The van der Waals surface area contributed by atoms with Gasteiger partial charge in [0.25, 0.3) is 0 Å². The minimum Gasteiger partial charge on any atom is -0.504 e. The fraction of sp³-hybridized carbons (Fsp3) is 0.846. The van der Waals surface area contributed by atoms with Crippen LogP contribution in [0.4, 0.5) is 13.2 Å². The molecule has 0 aromatic heterocycles. The number of alkyl halides is 3. The number of hydrogen-bond acceptors (Lipinski definition) is 2. The molecule has 0 radical (unpaired) electrons. The predicted molar refractivity (Wildman–Crippen MR) is 60.9 cm³/mol. The zero-order chi connectivity index (χ0) is 14.1. The van der Waals surface area contributed by atoms with Crippen molar-refractivity contribution in [2.24, 2.45) is 16.7 Å². The third-order valence-electron chi connectivity index (χ3n) is 5.70. The largest absolute Gasteiger partial charge is 0.504 e. The third-order valence-corrected chi connectivity index (χ3v) is 5.70. The maximum absolute atomic E-state index is 12.7. The molecule has 2 saturated carbocycles. The summed E-state index contributed by atoms with van der Waals surface area (Å²) < 4.78 is 38.2. The first-order valence-corrected chi connectivity index (χ1v) is 6.10. The van der Waals surface area contributed by atoms with Crippen LogP contribution in [-0.4, -0.2) is 22.0 Å². The summed E-state index contributed by atoms with van der Waals surface area (Å²) in [4.78, 5) is 0. The van der Waals surface area contributed by atoms with E-state index in [9.17, 15) is 23.4 Å². The van der Waals surface area contributed by atoms with Crippen molar-refractivity contribution in [3.63, 3.8) is 0 Å². The summed E-state index contributed by atoms with van der Waals surface area (Å²) in [5.41, 5.74) is -2.93. The van der Waals surface area contributed by atoms with Crippen LogP contribution in [0.15, 0.2) is 11.3 Å². The van der Waals surface area contributed by atoms with Crippen LogP contribution in [0.1, 0.15) is 40.5 Å². The quantitative estimate of drug-likeness (QED) is 0.657. The Labute approximate surface area is 105 Å². The Balaban J connectivity index is 2.68. The van der Waals surface area contributed by atoms with Gasteiger partial charge in [0.15, 0.2) is 5.76 Å². The van der Waals surface area contributed by atoms with Crippen molar-refractivity contribution in [2.45, 2.75) is 52.3 Å². The summed E-state index contributed by atoms with van der Waals surface area (Å²) in [7, 11) is 0. The van der Waals surface area contributed by atoms with Gasteiger partial charge in [-0.2, -0.15) is 13.2 Å². The van der Waals surface area contributed by atoms with E-state index in [4.69, 9.17) is 0 Å². The van der Waals surface area contributed by atoms with E-state index in [1.54, 1.807) is 0 Å². The molecule has 2 aliphatic rings. The van der Waals surface area contributed by atoms with Crippen LogP contribution in [0, 0.1) is 16.7 Å². The van der Waals surface area contributed by atoms with Gasteiger partial charge in [0.2, 0.25) is 0 Å². The zero-order valence-electron chi connectivity index (χ0n) is 11.0. The van der Waals surface area contributed by atoms with Crippen molar-refractivity contribution in [1.82, 2.24) is 0 Å². The molecule has 0 amide bonds. The monoisotopic (exact) mass is 264 g/mol. The normalized spacial score (nSPS) is 45.4. The highest BCUT2D eigenvalue weighted by Gasteiger charge is 2.71. The molecule has 0 aromatic carbocycles. The molecule has 2 N–H and O–H groups in total. The molecule has 2 bridgehead atoms. The Hall–Kier alpha value is -0.710. The van der Waals surface area contributed by atoms with Crippen LogP contribution in [0.3, 0.4) is 0 Å². The standard InChI is InChI=1S/C13H19F3O2/c1-10(2)7-5-6-11(10,3)12(4,18)8(7)9(17)13(14,15)16/h7,17-18H,5-6H2,1-4H3/b9-8-. The van der Waals surface area contributed by atoms with Gasteiger partial charge in [-0.1, -0.05) is 20.8 Å². The highest BCUT2D eigenvalue weighted by molar-refractivity contribution is 5.40. The van der Waals surface area contributed by atoms with E-state index in [-0.39, 0.29) is 5.57 Å². The van der Waals surface area contributed by atoms with E-state index in [0.717, 1.165) is 0 Å². The lowest BCUT2D eigenvalue weighted by Crippen LogP contribution is -2.46. The first-order chi connectivity index (χ1) is 7.87. The minimum atomic E-state index is -4.80. The van der Waals surface area contributed by atoms with E-state index >= 15 is 0 Å². The highest BCUT2D eigenvalue weighted by atomic mass is 19.4. The summed E-state index contributed by atoms with van der Waals surface area (Å²) in [6.07, 6.45) is -3.54. The number of rotatable bonds is 0. The van der Waals surface area contributed by atoms with Crippen LogP contribution < -0.4 is 0 Å². The van der Waals surface area contributed by atoms with Crippen LogP contribution >= 0.6 is 0 Å². The van der Waals surface area contributed by atoms with Crippen LogP contribution in [0.5, 0.6) is 0 Å². The Morgan fingerprint density at radius 1 is 1.22 bits per heavy atom. The molecule has 18 heavy (non-hydrogen) atoms. The smallest absolute Gasteiger partial charge is 0.448 e. The Kier molecular flexibility index (Phi) is 2.47. The molecular formula is C13H19F3O2. The number of halogens is 3. The average Bonchev–Trinajstić information content (AvgIpc) is 2.45. The second-order valence-electron chi connectivity index (χ2n) is 6.48. The number of aliphatic hydroxyl groups is 2. The predicted octanol–water partition coefficient (Wildman–Crippen LogP) is 3.57. The summed E-state index contributed by atoms with van der Waals surface area (Å²) >= 11 is 0. The lowest BCUT2D eigenvalue weighted by Gasteiger charge is -2.43. The number of allylic oxidation sites excluding steroid dienone is 1. The molecule has 0 aliphatic heterocycles. The Morgan fingerprint density at radius 2 is 1.72 bits per heavy atom. The van der Waals surface area contributed by atoms with Crippen molar-refractivity contribution < 1.29 is 23.4 Å². The summed E-state index contributed by atoms with van der Waals surface area (Å²) in [5.74, 6) is -2.02. The molecule has 0 heterocycles. The lowest BCUT2D eigenvalue weighted by molar-refractivity contribution is -0.127. The van der Waals surface area contributed by atoms with Crippen molar-refractivity contribution in [3.05, 3.63) is 11.3 Å². The van der Waals surface area contributed by atoms with Gasteiger partial charge in [0.1, 0.15) is 0 Å². The highest BCUT2D eigenvalue weighted by Crippen LogP contribution is 2.72. The van der Waals surface area contributed by atoms with Gasteiger partial charge in [-0.15, -0.1) is 0 Å². The van der Waals surface area contributed by atoms with Crippen LogP contribution in [0.2, 0.25) is 0 Å². The van der Waals surface area contributed by atoms with Gasteiger partial charge in [-0.05, 0) is 31.1 Å². The fourth-order valence-corrected chi connectivity index (χ4v) is 4.06. The van der Waals surface area contributed by atoms with Crippen LogP contribution in [-0.2, 0) is 0 Å². The number of aliphatic hydroxyl groups excluding tert-OH is 1. The molecule has 2 rings (SSSR count). The van der Waals surface area contributed by atoms with Crippen molar-refractivity contribution in [2.75, 3.05) is 0 Å². The van der Waals surface area contributed by atoms with Gasteiger partial charge < -0.3 is 10.2 Å². The summed E-state index contributed by atoms with van der Waals surface area (Å²) in [6, 6.07) is 0. The molecule has 104 valence electrons.